The molecule has 0 saturated heterocycles. The van der Waals surface area contributed by atoms with Crippen molar-refractivity contribution in [3.05, 3.63) is 192 Å². The fraction of sp³-hybridized carbons (Fsp3) is 0.0426. The molecular weight excluding hydrogens is 623 g/mol. The molecule has 0 fully saturated rings. The van der Waals surface area contributed by atoms with Gasteiger partial charge in [0.2, 0.25) is 5.89 Å². The average Bonchev–Trinajstić information content (AvgIpc) is 3.80. The second kappa shape index (κ2) is 12.0. The third kappa shape index (κ3) is 4.95. The van der Waals surface area contributed by atoms with Gasteiger partial charge in [-0.25, -0.2) is 4.98 Å². The summed E-state index contributed by atoms with van der Waals surface area (Å²) in [5.41, 5.74) is 12.1. The predicted molar refractivity (Wildman–Crippen MR) is 209 cm³/mol. The van der Waals surface area contributed by atoms with E-state index in [0.29, 0.717) is 5.89 Å². The van der Waals surface area contributed by atoms with E-state index in [9.17, 15) is 0 Å². The number of aromatic nitrogens is 2. The summed E-state index contributed by atoms with van der Waals surface area (Å²) in [6, 6.07) is 55.8. The summed E-state index contributed by atoms with van der Waals surface area (Å²) in [6.07, 6.45) is 9.98. The molecule has 2 aliphatic rings. The van der Waals surface area contributed by atoms with Crippen molar-refractivity contribution >= 4 is 44.8 Å². The third-order valence-electron chi connectivity index (χ3n) is 10.1. The van der Waals surface area contributed by atoms with Crippen molar-refractivity contribution < 1.29 is 4.42 Å². The first-order valence-electron chi connectivity index (χ1n) is 17.5. The summed E-state index contributed by atoms with van der Waals surface area (Å²) < 4.78 is 8.91. The summed E-state index contributed by atoms with van der Waals surface area (Å²) in [4.78, 5) is 7.30. The second-order valence-corrected chi connectivity index (χ2v) is 13.1. The molecule has 8 aromatic rings. The number of rotatable bonds is 6. The van der Waals surface area contributed by atoms with Crippen LogP contribution in [0.3, 0.4) is 0 Å². The lowest BCUT2D eigenvalue weighted by atomic mass is 9.87. The molecule has 0 amide bonds. The van der Waals surface area contributed by atoms with Gasteiger partial charge in [0.15, 0.2) is 5.42 Å². The number of hydrogen-bond donors (Lipinski definition) is 0. The molecule has 4 nitrogen and oxygen atoms in total. The number of fused-ring (bicyclic) bond motifs is 5. The van der Waals surface area contributed by atoms with E-state index in [4.69, 9.17) is 9.40 Å². The van der Waals surface area contributed by atoms with E-state index >= 15 is 0 Å². The van der Waals surface area contributed by atoms with Gasteiger partial charge in [-0.05, 0) is 78.7 Å². The van der Waals surface area contributed by atoms with Gasteiger partial charge in [-0.1, -0.05) is 115 Å². The molecule has 0 radical (unpaired) electrons. The number of benzene rings is 6. The molecular formula is C47H33N3O. The fourth-order valence-electron chi connectivity index (χ4n) is 7.74. The van der Waals surface area contributed by atoms with Crippen LogP contribution in [0.15, 0.2) is 186 Å². The van der Waals surface area contributed by atoms with E-state index in [1.165, 1.54) is 27.4 Å². The van der Waals surface area contributed by atoms with Crippen molar-refractivity contribution in [2.45, 2.75) is 6.42 Å². The highest BCUT2D eigenvalue weighted by atomic mass is 16.3. The zero-order chi connectivity index (χ0) is 33.7. The quantitative estimate of drug-likeness (QED) is 0.179. The molecule has 2 aromatic heterocycles. The molecule has 2 aliphatic carbocycles. The molecule has 6 aromatic carbocycles. The Bertz CT molecular complexity index is 2720. The highest BCUT2D eigenvalue weighted by Gasteiger charge is 2.26. The van der Waals surface area contributed by atoms with Crippen molar-refractivity contribution in [2.75, 3.05) is 4.90 Å². The summed E-state index contributed by atoms with van der Waals surface area (Å²) in [6.45, 7) is 0. The van der Waals surface area contributed by atoms with Crippen LogP contribution in [0.5, 0.6) is 0 Å². The van der Waals surface area contributed by atoms with Crippen molar-refractivity contribution in [3.8, 4) is 28.3 Å². The smallest absolute Gasteiger partial charge is 0.227 e. The molecule has 10 rings (SSSR count). The van der Waals surface area contributed by atoms with Crippen LogP contribution >= 0.6 is 0 Å². The van der Waals surface area contributed by atoms with Gasteiger partial charge in [0, 0.05) is 50.5 Å². The normalized spacial score (nSPS) is 14.9. The van der Waals surface area contributed by atoms with Crippen LogP contribution in [-0.4, -0.2) is 9.55 Å². The second-order valence-electron chi connectivity index (χ2n) is 13.1. The van der Waals surface area contributed by atoms with E-state index in [0.717, 1.165) is 56.6 Å². The van der Waals surface area contributed by atoms with Crippen LogP contribution in [0.25, 0.3) is 61.7 Å². The fourth-order valence-corrected chi connectivity index (χ4v) is 7.74. The zero-order valence-electron chi connectivity index (χ0n) is 27.9. The highest BCUT2D eigenvalue weighted by Crippen LogP contribution is 2.41. The lowest BCUT2D eigenvalue weighted by molar-refractivity contribution is 0.531. The van der Waals surface area contributed by atoms with E-state index in [2.05, 4.69) is 161 Å². The van der Waals surface area contributed by atoms with Crippen LogP contribution in [0.1, 0.15) is 6.42 Å². The van der Waals surface area contributed by atoms with E-state index in [1.807, 2.05) is 30.3 Å². The monoisotopic (exact) mass is 655 g/mol. The topological polar surface area (TPSA) is 34.2 Å². The van der Waals surface area contributed by atoms with Gasteiger partial charge >= 0.3 is 0 Å². The summed E-state index contributed by atoms with van der Waals surface area (Å²) in [5.74, 6) is 0.878. The Labute approximate surface area is 295 Å². The minimum atomic E-state index is 0.224. The van der Waals surface area contributed by atoms with E-state index in [-0.39, 0.29) is 5.92 Å². The molecule has 242 valence electrons. The van der Waals surface area contributed by atoms with Crippen molar-refractivity contribution in [1.82, 2.24) is 9.55 Å². The first kappa shape index (κ1) is 29.3. The Morgan fingerprint density at radius 1 is 0.627 bits per heavy atom. The van der Waals surface area contributed by atoms with E-state index in [1.54, 1.807) is 0 Å². The van der Waals surface area contributed by atoms with Crippen LogP contribution in [0.4, 0.5) is 11.4 Å². The van der Waals surface area contributed by atoms with Crippen molar-refractivity contribution in [2.24, 2.45) is 5.92 Å². The lowest BCUT2D eigenvalue weighted by Gasteiger charge is -2.31. The Hall–Kier alpha value is -6.65. The molecule has 0 N–H and O–H groups in total. The van der Waals surface area contributed by atoms with E-state index < -0.39 is 0 Å². The van der Waals surface area contributed by atoms with Crippen LogP contribution < -0.4 is 15.7 Å². The Balaban J connectivity index is 1.15. The first-order chi connectivity index (χ1) is 25.3. The molecule has 0 saturated carbocycles. The average molecular weight is 656 g/mol. The van der Waals surface area contributed by atoms with Crippen molar-refractivity contribution in [3.63, 3.8) is 0 Å². The summed E-state index contributed by atoms with van der Waals surface area (Å²) in [7, 11) is 0. The number of nitrogens with zero attached hydrogens (tertiary/aromatic N) is 3. The number of para-hydroxylation sites is 3. The summed E-state index contributed by atoms with van der Waals surface area (Å²) >= 11 is 0. The van der Waals surface area contributed by atoms with Crippen LogP contribution in [-0.2, 0) is 0 Å². The Morgan fingerprint density at radius 3 is 1.98 bits per heavy atom. The van der Waals surface area contributed by atoms with Gasteiger partial charge in [-0.15, -0.1) is 0 Å². The summed E-state index contributed by atoms with van der Waals surface area (Å²) in [5, 5.41) is 3.43. The molecule has 51 heavy (non-hydrogen) atoms. The maximum absolute atomic E-state index is 6.54. The number of allylic oxidation sites excluding steroid dienone is 3. The zero-order valence-corrected chi connectivity index (χ0v) is 27.9. The SMILES string of the molecule is C1=CC2CC=c3nc(-c4ccccc4)oc3=C2C=C1N(c1ccc(-n2c3ccccc3c3ccccc32)cc1)c1ccccc1-c1ccccc1. The van der Waals surface area contributed by atoms with Gasteiger partial charge in [-0.2, -0.15) is 0 Å². The molecule has 0 bridgehead atoms. The largest absolute Gasteiger partial charge is 0.436 e. The maximum atomic E-state index is 6.54. The van der Waals surface area contributed by atoms with Crippen LogP contribution in [0.2, 0.25) is 0 Å². The van der Waals surface area contributed by atoms with Crippen LogP contribution in [0, 0.1) is 5.92 Å². The minimum absolute atomic E-state index is 0.224. The van der Waals surface area contributed by atoms with Gasteiger partial charge in [0.1, 0.15) is 5.35 Å². The first-order valence-corrected chi connectivity index (χ1v) is 17.5. The van der Waals surface area contributed by atoms with Gasteiger partial charge < -0.3 is 13.9 Å². The van der Waals surface area contributed by atoms with Gasteiger partial charge in [-0.3, -0.25) is 0 Å². The molecule has 4 heteroatoms. The highest BCUT2D eigenvalue weighted by molar-refractivity contribution is 6.09. The Kier molecular flexibility index (Phi) is 6.91. The standard InChI is InChI=1S/C47H33N3O/c1-3-13-32(14-4-1)38-17-7-10-20-43(38)49(35-26-28-36(29-27-35)50-44-21-11-8-18-39(44)40-19-9-12-22-45(40)50)37-25-23-33-24-30-42-46(41(33)31-37)51-47(48-42)34-15-5-2-6-16-34/h1-23,25-31,33H,24H2. The molecule has 2 heterocycles. The molecule has 1 atom stereocenters. The van der Waals surface area contributed by atoms with Crippen molar-refractivity contribution in [1.29, 1.82) is 0 Å². The molecule has 0 spiro atoms. The predicted octanol–water partition coefficient (Wildman–Crippen LogP) is 10.3. The molecule has 0 aliphatic heterocycles. The van der Waals surface area contributed by atoms with Gasteiger partial charge in [0.05, 0.1) is 16.7 Å². The number of oxazole rings is 1. The van der Waals surface area contributed by atoms with Gasteiger partial charge in [0.25, 0.3) is 0 Å². The molecule has 1 unspecified atom stereocenters. The Morgan fingerprint density at radius 2 is 1.25 bits per heavy atom. The maximum Gasteiger partial charge on any atom is 0.227 e. The minimum Gasteiger partial charge on any atom is -0.436 e. The number of anilines is 2. The third-order valence-corrected chi connectivity index (χ3v) is 10.1. The number of hydrogen-bond acceptors (Lipinski definition) is 3. The lowest BCUT2D eigenvalue weighted by Crippen LogP contribution is -2.32.